The molecule has 0 bridgehead atoms. The zero-order valence-electron chi connectivity index (χ0n) is 34.1. The first-order chi connectivity index (χ1) is 29.4. The maximum absolute atomic E-state index is 13.3. The summed E-state index contributed by atoms with van der Waals surface area (Å²) in [7, 11) is 0. The van der Waals surface area contributed by atoms with E-state index in [1.807, 2.05) is 124 Å². The number of allylic oxidation sites excluding steroid dienone is 4. The Hall–Kier alpha value is -7.24. The van der Waals surface area contributed by atoms with Gasteiger partial charge in [-0.3, -0.25) is 4.90 Å². The van der Waals surface area contributed by atoms with Crippen LogP contribution >= 0.6 is 0 Å². The monoisotopic (exact) mass is 783 g/mol. The van der Waals surface area contributed by atoms with Crippen LogP contribution in [-0.2, 0) is 5.41 Å². The largest absolute Gasteiger partial charge is 0.507 e. The molecule has 0 amide bonds. The van der Waals surface area contributed by atoms with Crippen LogP contribution in [0, 0.1) is 13.8 Å². The number of hydrogen-bond acceptors (Lipinski definition) is 5. The highest BCUT2D eigenvalue weighted by Gasteiger charge is 2.53. The Morgan fingerprint density at radius 3 is 1.95 bits per heavy atom. The Labute approximate surface area is 350 Å². The van der Waals surface area contributed by atoms with Crippen molar-refractivity contribution in [1.29, 1.82) is 0 Å². The molecule has 3 aliphatic rings. The summed E-state index contributed by atoms with van der Waals surface area (Å²) in [6.07, 6.45) is 8.41. The lowest BCUT2D eigenvalue weighted by Gasteiger charge is -2.40. The second-order valence-electron chi connectivity index (χ2n) is 15.5. The highest BCUT2D eigenvalue weighted by atomic mass is 16.5. The fraction of sp³-hybridized carbons (Fsp3) is 0.127. The van der Waals surface area contributed by atoms with Crippen molar-refractivity contribution in [3.05, 3.63) is 191 Å². The predicted molar refractivity (Wildman–Crippen MR) is 246 cm³/mol. The fourth-order valence-electron chi connectivity index (χ4n) is 10.1. The van der Waals surface area contributed by atoms with Gasteiger partial charge in [0.05, 0.1) is 11.1 Å². The van der Waals surface area contributed by atoms with Gasteiger partial charge < -0.3 is 20.1 Å². The van der Waals surface area contributed by atoms with Crippen LogP contribution in [0.15, 0.2) is 163 Å². The van der Waals surface area contributed by atoms with Crippen molar-refractivity contribution in [2.75, 3.05) is 4.90 Å². The van der Waals surface area contributed by atoms with Gasteiger partial charge in [0.1, 0.15) is 17.2 Å². The van der Waals surface area contributed by atoms with E-state index in [9.17, 15) is 15.3 Å². The van der Waals surface area contributed by atoms with Crippen molar-refractivity contribution >= 4 is 38.6 Å². The molecule has 8 aromatic rings. The van der Waals surface area contributed by atoms with Crippen LogP contribution in [0.4, 0.5) is 17.1 Å². The highest BCUT2D eigenvalue weighted by Crippen LogP contribution is 2.70. The molecule has 1 heterocycles. The van der Waals surface area contributed by atoms with E-state index in [1.54, 1.807) is 0 Å². The minimum atomic E-state index is -0.947. The molecule has 60 heavy (non-hydrogen) atoms. The molecule has 294 valence electrons. The first-order valence-electron chi connectivity index (χ1n) is 20.9. The zero-order valence-corrected chi connectivity index (χ0v) is 34.1. The standard InChI is InChI=1S/C53H39NO4.C2H6/c1-31-43(41-30-33-18-12-13-25-37(33)38-26-14-15-27-39(38)41)48(55)32(2)46-51(31)58-52-47(54(46)36-23-10-5-11-24-36)50(57)45-44(49(52)56)40-28-16-17-29-42(40)53(45,34-19-6-3-7-20-34)35-21-8-4-9-22-35;1-2/h3,5-8,10-30,55-57H,4,9H2,1-2H3;1-2H3. The van der Waals surface area contributed by atoms with Crippen molar-refractivity contribution in [2.24, 2.45) is 0 Å². The van der Waals surface area contributed by atoms with E-state index in [-0.39, 0.29) is 23.0 Å². The number of fused-ring (bicyclic) bond motifs is 8. The molecule has 5 nitrogen and oxygen atoms in total. The van der Waals surface area contributed by atoms with Crippen molar-refractivity contribution in [3.63, 3.8) is 0 Å². The SMILES string of the molecule is CC.Cc1c2c(c(C)c(O)c1-c1cc3ccccc3c3ccccc13)N(c1ccccc1)c1c(O)c3c(c(O)c1O2)-c1ccccc1C3(C1=CCCC=C1)c1ccccc1. The van der Waals surface area contributed by atoms with E-state index in [0.29, 0.717) is 44.9 Å². The number of rotatable bonds is 4. The van der Waals surface area contributed by atoms with E-state index in [0.717, 1.165) is 67.9 Å². The maximum Gasteiger partial charge on any atom is 0.197 e. The Morgan fingerprint density at radius 2 is 1.22 bits per heavy atom. The quantitative estimate of drug-likeness (QED) is 0.122. The third-order valence-corrected chi connectivity index (χ3v) is 12.6. The molecule has 0 saturated carbocycles. The zero-order chi connectivity index (χ0) is 41.3. The van der Waals surface area contributed by atoms with Gasteiger partial charge in [-0.2, -0.15) is 0 Å². The smallest absolute Gasteiger partial charge is 0.197 e. The van der Waals surface area contributed by atoms with Crippen LogP contribution in [0.1, 0.15) is 54.5 Å². The topological polar surface area (TPSA) is 73.2 Å². The number of ether oxygens (including phenoxy) is 1. The second-order valence-corrected chi connectivity index (χ2v) is 15.5. The molecule has 0 spiro atoms. The molecule has 0 saturated heterocycles. The van der Waals surface area contributed by atoms with E-state index < -0.39 is 5.41 Å². The maximum atomic E-state index is 13.3. The summed E-state index contributed by atoms with van der Waals surface area (Å²) in [6.45, 7) is 7.87. The summed E-state index contributed by atoms with van der Waals surface area (Å²) in [5, 5.41) is 43.0. The number of para-hydroxylation sites is 1. The molecule has 1 atom stereocenters. The van der Waals surface area contributed by atoms with Gasteiger partial charge in [-0.05, 0) is 94.3 Å². The molecule has 0 radical (unpaired) electrons. The van der Waals surface area contributed by atoms with Gasteiger partial charge in [-0.1, -0.05) is 153 Å². The molecule has 3 N–H and O–H groups in total. The van der Waals surface area contributed by atoms with Crippen LogP contribution in [0.2, 0.25) is 0 Å². The van der Waals surface area contributed by atoms with E-state index >= 15 is 0 Å². The third-order valence-electron chi connectivity index (χ3n) is 12.6. The number of phenols is 3. The fourth-order valence-corrected chi connectivity index (χ4v) is 10.1. The van der Waals surface area contributed by atoms with Crippen LogP contribution < -0.4 is 9.64 Å². The van der Waals surface area contributed by atoms with Gasteiger partial charge in [0.15, 0.2) is 17.2 Å². The number of benzene rings is 8. The van der Waals surface area contributed by atoms with E-state index in [4.69, 9.17) is 4.74 Å². The molecule has 2 aliphatic carbocycles. The van der Waals surface area contributed by atoms with Crippen molar-refractivity contribution in [2.45, 2.75) is 46.0 Å². The Kier molecular flexibility index (Phi) is 8.80. The molecule has 1 unspecified atom stereocenters. The number of phenolic OH excluding ortho intramolecular Hbond substituents is 3. The lowest BCUT2D eigenvalue weighted by Crippen LogP contribution is -2.30. The minimum Gasteiger partial charge on any atom is -0.507 e. The number of nitrogens with zero attached hydrogens (tertiary/aromatic N) is 1. The molecule has 11 rings (SSSR count). The van der Waals surface area contributed by atoms with Crippen LogP contribution in [0.5, 0.6) is 28.7 Å². The van der Waals surface area contributed by atoms with Crippen molar-refractivity contribution in [1.82, 2.24) is 0 Å². The Balaban J connectivity index is 0.00000213. The van der Waals surface area contributed by atoms with Gasteiger partial charge in [-0.15, -0.1) is 0 Å². The molecule has 0 aromatic heterocycles. The summed E-state index contributed by atoms with van der Waals surface area (Å²) in [6, 6.07) is 47.0. The van der Waals surface area contributed by atoms with Crippen molar-refractivity contribution < 1.29 is 20.1 Å². The predicted octanol–water partition coefficient (Wildman–Crippen LogP) is 14.6. The average molecular weight is 784 g/mol. The first-order valence-corrected chi connectivity index (χ1v) is 20.9. The molecule has 5 heteroatoms. The van der Waals surface area contributed by atoms with Crippen LogP contribution in [-0.4, -0.2) is 15.3 Å². The number of anilines is 3. The molecule has 8 aromatic carbocycles. The van der Waals surface area contributed by atoms with E-state index in [1.165, 1.54) is 0 Å². The number of aromatic hydroxyl groups is 3. The summed E-state index contributed by atoms with van der Waals surface area (Å²) in [4.78, 5) is 1.96. The van der Waals surface area contributed by atoms with Gasteiger partial charge in [0.2, 0.25) is 0 Å². The van der Waals surface area contributed by atoms with Gasteiger partial charge in [0.25, 0.3) is 0 Å². The average Bonchev–Trinajstić information content (AvgIpc) is 3.63. The lowest BCUT2D eigenvalue weighted by atomic mass is 9.65. The molecular formula is C55H45NO4. The minimum absolute atomic E-state index is 0.00151. The summed E-state index contributed by atoms with van der Waals surface area (Å²) in [5.74, 6) is 0.716. The third kappa shape index (κ3) is 5.05. The molecular weight excluding hydrogens is 739 g/mol. The molecule has 0 fully saturated rings. The summed E-state index contributed by atoms with van der Waals surface area (Å²) < 4.78 is 7.04. The normalized spacial score (nSPS) is 15.9. The highest BCUT2D eigenvalue weighted by molar-refractivity contribution is 6.15. The first kappa shape index (κ1) is 37.1. The van der Waals surface area contributed by atoms with Crippen LogP contribution in [0.25, 0.3) is 43.8 Å². The van der Waals surface area contributed by atoms with E-state index in [2.05, 4.69) is 66.8 Å². The molecule has 1 aliphatic heterocycles. The van der Waals surface area contributed by atoms with Gasteiger partial charge in [0, 0.05) is 33.5 Å². The van der Waals surface area contributed by atoms with Crippen LogP contribution in [0.3, 0.4) is 0 Å². The summed E-state index contributed by atoms with van der Waals surface area (Å²) >= 11 is 0. The summed E-state index contributed by atoms with van der Waals surface area (Å²) in [5.41, 5.74) is 8.49. The Morgan fingerprint density at radius 1 is 0.567 bits per heavy atom. The van der Waals surface area contributed by atoms with Crippen molar-refractivity contribution in [3.8, 4) is 51.0 Å². The van der Waals surface area contributed by atoms with Gasteiger partial charge >= 0.3 is 0 Å². The number of hydrogen-bond donors (Lipinski definition) is 3. The lowest BCUT2D eigenvalue weighted by molar-refractivity contribution is 0.397. The Bertz CT molecular complexity index is 3090. The second kappa shape index (κ2) is 14.2. The van der Waals surface area contributed by atoms with Gasteiger partial charge in [-0.25, -0.2) is 0 Å².